The Morgan fingerprint density at radius 1 is 1.03 bits per heavy atom. The first-order valence-corrected chi connectivity index (χ1v) is 12.7. The van der Waals surface area contributed by atoms with E-state index in [1.54, 1.807) is 6.33 Å². The lowest BCUT2D eigenvalue weighted by Gasteiger charge is -2.39. The van der Waals surface area contributed by atoms with Crippen LogP contribution in [0.2, 0.25) is 0 Å². The van der Waals surface area contributed by atoms with Gasteiger partial charge in [-0.2, -0.15) is 5.10 Å². The van der Waals surface area contributed by atoms with Gasteiger partial charge in [0.15, 0.2) is 5.82 Å². The van der Waals surface area contributed by atoms with Crippen LogP contribution in [0.15, 0.2) is 36.7 Å². The van der Waals surface area contributed by atoms with Crippen LogP contribution in [0.1, 0.15) is 94.5 Å². The predicted molar refractivity (Wildman–Crippen MR) is 127 cm³/mol. The summed E-state index contributed by atoms with van der Waals surface area (Å²) in [5.74, 6) is 1.51. The van der Waals surface area contributed by atoms with Gasteiger partial charge in [0.05, 0.1) is 6.04 Å². The number of benzene rings is 1. The lowest BCUT2D eigenvalue weighted by molar-refractivity contribution is -0.138. The number of aromatic amines is 1. The van der Waals surface area contributed by atoms with Crippen LogP contribution in [0, 0.1) is 5.92 Å². The fraction of sp³-hybridized carbons (Fsp3) is 0.654. The second-order valence-electron chi connectivity index (χ2n) is 9.76. The largest absolute Gasteiger partial charge is 0.329 e. The van der Waals surface area contributed by atoms with E-state index < -0.39 is 0 Å². The highest BCUT2D eigenvalue weighted by Crippen LogP contribution is 2.33. The summed E-state index contributed by atoms with van der Waals surface area (Å²) >= 11 is 0. The van der Waals surface area contributed by atoms with Crippen molar-refractivity contribution < 1.29 is 4.79 Å². The van der Waals surface area contributed by atoms with Crippen LogP contribution in [0.3, 0.4) is 0 Å². The molecule has 4 rings (SSSR count). The lowest BCUT2D eigenvalue weighted by atomic mass is 9.82. The first-order valence-electron chi connectivity index (χ1n) is 12.7. The van der Waals surface area contributed by atoms with E-state index in [4.69, 9.17) is 5.73 Å². The molecule has 174 valence electrons. The molecular weight excluding hydrogens is 398 g/mol. The molecule has 1 unspecified atom stereocenters. The van der Waals surface area contributed by atoms with Crippen LogP contribution in [0.4, 0.5) is 0 Å². The van der Waals surface area contributed by atoms with Gasteiger partial charge in [-0.25, -0.2) is 4.98 Å². The molecule has 0 saturated heterocycles. The normalized spacial score (nSPS) is 20.0. The highest BCUT2D eigenvalue weighted by molar-refractivity contribution is 5.77. The zero-order chi connectivity index (χ0) is 22.2. The second kappa shape index (κ2) is 11.6. The summed E-state index contributed by atoms with van der Waals surface area (Å²) in [6, 6.07) is 10.6. The molecule has 2 aliphatic carbocycles. The molecule has 0 aliphatic heterocycles. The fourth-order valence-electron chi connectivity index (χ4n) is 5.74. The van der Waals surface area contributed by atoms with Crippen molar-refractivity contribution in [1.82, 2.24) is 20.1 Å². The number of carbonyl (C=O) groups excluding carboxylic acids is 1. The van der Waals surface area contributed by atoms with E-state index in [0.717, 1.165) is 25.7 Å². The maximum absolute atomic E-state index is 13.8. The number of nitrogens with one attached hydrogen (secondary N) is 1. The summed E-state index contributed by atoms with van der Waals surface area (Å²) in [7, 11) is 0. The zero-order valence-electron chi connectivity index (χ0n) is 19.3. The van der Waals surface area contributed by atoms with Crippen molar-refractivity contribution >= 4 is 5.91 Å². The van der Waals surface area contributed by atoms with Gasteiger partial charge in [-0.15, -0.1) is 0 Å². The number of nitrogens with zero attached hydrogens (tertiary/aromatic N) is 3. The van der Waals surface area contributed by atoms with E-state index in [9.17, 15) is 4.79 Å². The van der Waals surface area contributed by atoms with Gasteiger partial charge in [0.1, 0.15) is 6.33 Å². The molecule has 2 fully saturated rings. The average Bonchev–Trinajstić information content (AvgIpc) is 3.39. The number of hydrogen-bond acceptors (Lipinski definition) is 4. The summed E-state index contributed by atoms with van der Waals surface area (Å²) in [6.07, 6.45) is 15.7. The summed E-state index contributed by atoms with van der Waals surface area (Å²) in [4.78, 5) is 20.4. The first kappa shape index (κ1) is 23.0. The molecule has 0 radical (unpaired) electrons. The molecule has 1 amide bonds. The van der Waals surface area contributed by atoms with E-state index in [1.165, 1.54) is 56.9 Å². The van der Waals surface area contributed by atoms with E-state index in [1.807, 2.05) is 6.07 Å². The Bertz CT molecular complexity index is 797. The van der Waals surface area contributed by atoms with Gasteiger partial charge >= 0.3 is 0 Å². The van der Waals surface area contributed by atoms with Crippen LogP contribution in [-0.2, 0) is 11.2 Å². The van der Waals surface area contributed by atoms with Gasteiger partial charge in [0.2, 0.25) is 5.91 Å². The van der Waals surface area contributed by atoms with Crippen LogP contribution < -0.4 is 5.73 Å². The number of nitrogens with two attached hydrogens (primary N) is 1. The fourth-order valence-corrected chi connectivity index (χ4v) is 5.74. The number of H-pyrrole nitrogens is 1. The Balaban J connectivity index is 1.52. The highest BCUT2D eigenvalue weighted by Gasteiger charge is 2.35. The lowest BCUT2D eigenvalue weighted by Crippen LogP contribution is -2.45. The van der Waals surface area contributed by atoms with Gasteiger partial charge in [0.25, 0.3) is 0 Å². The molecule has 32 heavy (non-hydrogen) atoms. The molecule has 2 aromatic rings. The zero-order valence-corrected chi connectivity index (χ0v) is 19.3. The highest BCUT2D eigenvalue weighted by atomic mass is 16.2. The molecule has 1 aromatic carbocycles. The molecular formula is C26H39N5O. The minimum absolute atomic E-state index is 0.128. The maximum Gasteiger partial charge on any atom is 0.223 e. The van der Waals surface area contributed by atoms with E-state index >= 15 is 0 Å². The van der Waals surface area contributed by atoms with Crippen molar-refractivity contribution in [2.75, 3.05) is 0 Å². The van der Waals surface area contributed by atoms with Crippen molar-refractivity contribution in [2.45, 2.75) is 102 Å². The van der Waals surface area contributed by atoms with E-state index in [0.29, 0.717) is 18.2 Å². The van der Waals surface area contributed by atoms with Crippen molar-refractivity contribution in [3.8, 4) is 0 Å². The quantitative estimate of drug-likeness (QED) is 0.582. The number of hydrogen-bond donors (Lipinski definition) is 2. The Morgan fingerprint density at radius 3 is 2.38 bits per heavy atom. The smallest absolute Gasteiger partial charge is 0.223 e. The minimum atomic E-state index is -0.148. The van der Waals surface area contributed by atoms with Gasteiger partial charge in [0, 0.05) is 24.9 Å². The average molecular weight is 438 g/mol. The first-order chi connectivity index (χ1) is 15.7. The van der Waals surface area contributed by atoms with Crippen LogP contribution in [-0.4, -0.2) is 38.1 Å². The van der Waals surface area contributed by atoms with Gasteiger partial charge < -0.3 is 10.6 Å². The molecule has 1 aromatic heterocycles. The molecule has 6 nitrogen and oxygen atoms in total. The maximum atomic E-state index is 13.8. The molecule has 6 heteroatoms. The van der Waals surface area contributed by atoms with Gasteiger partial charge in [-0.1, -0.05) is 68.9 Å². The van der Waals surface area contributed by atoms with E-state index in [2.05, 4.69) is 44.3 Å². The number of rotatable bonds is 9. The summed E-state index contributed by atoms with van der Waals surface area (Å²) in [6.45, 7) is 0. The molecule has 3 N–H and O–H groups in total. The van der Waals surface area contributed by atoms with Crippen molar-refractivity contribution in [3.63, 3.8) is 0 Å². The standard InChI is InChI=1S/C26H39N5O/c27-23(21-12-6-2-7-13-21)16-17-25(32)31(22-14-8-3-9-15-22)24(26-28-19-29-30-26)18-20-10-4-1-5-11-20/h1,4-5,10-11,19,21-24H,2-3,6-9,12-18,27H2,(H,28,29,30)/t23-,24?/m0/s1. The van der Waals surface area contributed by atoms with Crippen molar-refractivity contribution in [1.29, 1.82) is 0 Å². The Labute approximate surface area is 192 Å². The van der Waals surface area contributed by atoms with Gasteiger partial charge in [-0.3, -0.25) is 9.89 Å². The second-order valence-corrected chi connectivity index (χ2v) is 9.76. The monoisotopic (exact) mass is 437 g/mol. The van der Waals surface area contributed by atoms with Crippen molar-refractivity contribution in [2.24, 2.45) is 11.7 Å². The number of carbonyl (C=O) groups is 1. The minimum Gasteiger partial charge on any atom is -0.329 e. The topological polar surface area (TPSA) is 87.9 Å². The molecule has 2 aliphatic rings. The summed E-state index contributed by atoms with van der Waals surface area (Å²) < 4.78 is 0. The third-order valence-electron chi connectivity index (χ3n) is 7.54. The SMILES string of the molecule is N[C@@H](CCC(=O)N(C1CCCCC1)C(Cc1ccccc1)c1nc[nH]n1)C1CCCCC1. The third-order valence-corrected chi connectivity index (χ3v) is 7.54. The molecule has 2 saturated carbocycles. The van der Waals surface area contributed by atoms with Crippen LogP contribution in [0.5, 0.6) is 0 Å². The number of aromatic nitrogens is 3. The number of amides is 1. The Hall–Kier alpha value is -2.21. The van der Waals surface area contributed by atoms with Crippen LogP contribution in [0.25, 0.3) is 0 Å². The third kappa shape index (κ3) is 5.97. The Kier molecular flexibility index (Phi) is 8.32. The molecule has 0 spiro atoms. The van der Waals surface area contributed by atoms with E-state index in [-0.39, 0.29) is 24.0 Å². The summed E-state index contributed by atoms with van der Waals surface area (Å²) in [5, 5.41) is 7.29. The molecule has 2 atom stereocenters. The van der Waals surface area contributed by atoms with Gasteiger partial charge in [-0.05, 0) is 43.6 Å². The van der Waals surface area contributed by atoms with Crippen LogP contribution >= 0.6 is 0 Å². The summed E-state index contributed by atoms with van der Waals surface area (Å²) in [5.41, 5.74) is 7.77. The predicted octanol–water partition coefficient (Wildman–Crippen LogP) is 4.94. The van der Waals surface area contributed by atoms with Crippen molar-refractivity contribution in [3.05, 3.63) is 48.0 Å². The Morgan fingerprint density at radius 2 is 1.72 bits per heavy atom. The molecule has 0 bridgehead atoms. The molecule has 1 heterocycles.